The van der Waals surface area contributed by atoms with Gasteiger partial charge >= 0.3 is 18.2 Å². The van der Waals surface area contributed by atoms with Crippen molar-refractivity contribution in [3.8, 4) is 6.07 Å². The summed E-state index contributed by atoms with van der Waals surface area (Å²) in [5.41, 5.74) is -2.16. The molecule has 0 radical (unpaired) electrons. The second-order valence-corrected chi connectivity index (χ2v) is 6.45. The van der Waals surface area contributed by atoms with E-state index >= 15 is 0 Å². The Balaban J connectivity index is 0.00000227. The molecule has 0 saturated heterocycles. The summed E-state index contributed by atoms with van der Waals surface area (Å²) in [6, 6.07) is 2.37. The summed E-state index contributed by atoms with van der Waals surface area (Å²) < 4.78 is 61.1. The van der Waals surface area contributed by atoms with E-state index in [9.17, 15) is 27.2 Å². The Hall–Kier alpha value is -2.83. The zero-order valence-corrected chi connectivity index (χ0v) is 16.1. The largest absolute Gasteiger partial charge is 0.467 e. The van der Waals surface area contributed by atoms with Crippen LogP contribution in [0.2, 0.25) is 0 Å². The highest BCUT2D eigenvalue weighted by Crippen LogP contribution is 2.30. The van der Waals surface area contributed by atoms with Gasteiger partial charge in [0.1, 0.15) is 17.5 Å². The Morgan fingerprint density at radius 1 is 1.25 bits per heavy atom. The van der Waals surface area contributed by atoms with E-state index in [-0.39, 0.29) is 5.56 Å². The molecule has 28 heavy (non-hydrogen) atoms. The number of benzene rings is 1. The number of hydrogen-bond acceptors (Lipinski definition) is 5. The van der Waals surface area contributed by atoms with Gasteiger partial charge < -0.3 is 14.8 Å². The van der Waals surface area contributed by atoms with Gasteiger partial charge in [-0.15, -0.1) is 0 Å². The lowest BCUT2D eigenvalue weighted by Gasteiger charge is -2.22. The maximum atomic E-state index is 13.9. The SMILES string of the molecule is CC#N.COC(=O)[C@@H](Cc1ccc(C(F)(F)F)cc1F)NC(=O)OC(C)(C)C. The number of ether oxygens (including phenoxy) is 2. The van der Waals surface area contributed by atoms with Gasteiger partial charge in [-0.05, 0) is 38.5 Å². The van der Waals surface area contributed by atoms with E-state index in [1.807, 2.05) is 0 Å². The number of amides is 1. The van der Waals surface area contributed by atoms with Gasteiger partial charge in [0, 0.05) is 13.3 Å². The van der Waals surface area contributed by atoms with Gasteiger partial charge in [-0.3, -0.25) is 0 Å². The van der Waals surface area contributed by atoms with Crippen molar-refractivity contribution in [3.63, 3.8) is 0 Å². The Morgan fingerprint density at radius 3 is 2.18 bits per heavy atom. The first-order valence-electron chi connectivity index (χ1n) is 7.99. The van der Waals surface area contributed by atoms with Crippen molar-refractivity contribution < 1.29 is 36.6 Å². The predicted octanol–water partition coefficient (Wildman–Crippen LogP) is 3.98. The van der Waals surface area contributed by atoms with E-state index in [4.69, 9.17) is 10.00 Å². The third-order valence-electron chi connectivity index (χ3n) is 2.98. The molecule has 1 N–H and O–H groups in total. The van der Waals surface area contributed by atoms with E-state index in [0.29, 0.717) is 12.1 Å². The van der Waals surface area contributed by atoms with E-state index in [2.05, 4.69) is 10.1 Å². The lowest BCUT2D eigenvalue weighted by molar-refractivity contribution is -0.143. The molecule has 0 aliphatic heterocycles. The van der Waals surface area contributed by atoms with Crippen molar-refractivity contribution in [2.24, 2.45) is 0 Å². The number of nitriles is 1. The highest BCUT2D eigenvalue weighted by molar-refractivity contribution is 5.81. The van der Waals surface area contributed by atoms with Crippen molar-refractivity contribution in [2.45, 2.75) is 51.9 Å². The molecule has 0 spiro atoms. The van der Waals surface area contributed by atoms with Crippen LogP contribution in [0.15, 0.2) is 18.2 Å². The molecule has 10 heteroatoms. The van der Waals surface area contributed by atoms with Gasteiger partial charge in [0.05, 0.1) is 18.7 Å². The summed E-state index contributed by atoms with van der Waals surface area (Å²) in [5.74, 6) is -2.03. The minimum absolute atomic E-state index is 0.181. The number of halogens is 4. The Morgan fingerprint density at radius 2 is 1.79 bits per heavy atom. The van der Waals surface area contributed by atoms with Crippen LogP contribution in [0.3, 0.4) is 0 Å². The number of esters is 1. The highest BCUT2D eigenvalue weighted by Gasteiger charge is 2.32. The van der Waals surface area contributed by atoms with Crippen LogP contribution < -0.4 is 5.32 Å². The average Bonchev–Trinajstić information content (AvgIpc) is 2.53. The molecule has 0 heterocycles. The quantitative estimate of drug-likeness (QED) is 0.604. The number of hydrogen-bond donors (Lipinski definition) is 1. The van der Waals surface area contributed by atoms with Gasteiger partial charge in [-0.25, -0.2) is 14.0 Å². The topological polar surface area (TPSA) is 88.4 Å². The van der Waals surface area contributed by atoms with Gasteiger partial charge in [0.25, 0.3) is 0 Å². The lowest BCUT2D eigenvalue weighted by atomic mass is 10.0. The standard InChI is InChI=1S/C16H19F4NO4.C2H3N/c1-15(2,3)25-14(23)21-12(13(22)24-4)7-9-5-6-10(8-11(9)17)16(18,19)20;1-2-3/h5-6,8,12H,7H2,1-4H3,(H,21,23);1H3/t12-;/m1./s1. The van der Waals surface area contributed by atoms with Crippen LogP contribution in [-0.2, 0) is 26.9 Å². The molecule has 0 saturated carbocycles. The minimum atomic E-state index is -4.68. The zero-order valence-electron chi connectivity index (χ0n) is 16.1. The summed E-state index contributed by atoms with van der Waals surface area (Å²) in [6.07, 6.45) is -6.01. The molecule has 0 aliphatic rings. The van der Waals surface area contributed by atoms with Crippen LogP contribution >= 0.6 is 0 Å². The van der Waals surface area contributed by atoms with Gasteiger partial charge in [-0.2, -0.15) is 18.4 Å². The number of methoxy groups -OCH3 is 1. The lowest BCUT2D eigenvalue weighted by Crippen LogP contribution is -2.45. The maximum absolute atomic E-state index is 13.9. The second kappa shape index (κ2) is 10.5. The van der Waals surface area contributed by atoms with Crippen LogP contribution in [0.4, 0.5) is 22.4 Å². The summed E-state index contributed by atoms with van der Waals surface area (Å²) in [5, 5.41) is 9.54. The number of carbonyl (C=O) groups is 2. The molecule has 0 unspecified atom stereocenters. The third kappa shape index (κ3) is 9.21. The fourth-order valence-electron chi connectivity index (χ4n) is 1.89. The molecule has 0 aromatic heterocycles. The second-order valence-electron chi connectivity index (χ2n) is 6.45. The van der Waals surface area contributed by atoms with Crippen LogP contribution in [0.1, 0.15) is 38.8 Å². The zero-order chi connectivity index (χ0) is 22.1. The molecule has 6 nitrogen and oxygen atoms in total. The highest BCUT2D eigenvalue weighted by atomic mass is 19.4. The van der Waals surface area contributed by atoms with E-state index in [1.165, 1.54) is 6.92 Å². The van der Waals surface area contributed by atoms with E-state index in [1.54, 1.807) is 26.8 Å². The van der Waals surface area contributed by atoms with Crippen LogP contribution in [0.5, 0.6) is 0 Å². The van der Waals surface area contributed by atoms with Crippen molar-refractivity contribution in [1.82, 2.24) is 5.32 Å². The number of carbonyl (C=O) groups excluding carboxylic acids is 2. The molecule has 0 fully saturated rings. The Bertz CT molecular complexity index is 722. The van der Waals surface area contributed by atoms with Crippen LogP contribution in [-0.4, -0.2) is 30.8 Å². The smallest absolute Gasteiger partial charge is 0.416 e. The summed E-state index contributed by atoms with van der Waals surface area (Å²) in [4.78, 5) is 23.5. The number of rotatable bonds is 4. The third-order valence-corrected chi connectivity index (χ3v) is 2.98. The van der Waals surface area contributed by atoms with Crippen molar-refractivity contribution in [2.75, 3.05) is 7.11 Å². The Kier molecular flexibility index (Phi) is 9.43. The summed E-state index contributed by atoms with van der Waals surface area (Å²) in [6.45, 7) is 6.25. The van der Waals surface area contributed by atoms with Crippen molar-refractivity contribution in [1.29, 1.82) is 5.26 Å². The maximum Gasteiger partial charge on any atom is 0.416 e. The molecule has 1 aromatic carbocycles. The molecular formula is C18H22F4N2O4. The molecule has 156 valence electrons. The van der Waals surface area contributed by atoms with Crippen molar-refractivity contribution >= 4 is 12.1 Å². The first-order valence-corrected chi connectivity index (χ1v) is 7.99. The fraction of sp³-hybridized carbons (Fsp3) is 0.500. The van der Waals surface area contributed by atoms with Crippen molar-refractivity contribution in [3.05, 3.63) is 35.1 Å². The number of alkyl carbamates (subject to hydrolysis) is 1. The Labute approximate surface area is 160 Å². The number of nitrogens with zero attached hydrogens (tertiary/aromatic N) is 1. The van der Waals surface area contributed by atoms with E-state index in [0.717, 1.165) is 13.2 Å². The molecule has 0 bridgehead atoms. The van der Waals surface area contributed by atoms with Gasteiger partial charge in [-0.1, -0.05) is 6.07 Å². The molecular weight excluding hydrogens is 384 g/mol. The molecule has 1 amide bonds. The molecule has 1 rings (SSSR count). The molecule has 0 aliphatic carbocycles. The molecule has 1 atom stereocenters. The van der Waals surface area contributed by atoms with Crippen LogP contribution in [0.25, 0.3) is 0 Å². The number of nitrogens with one attached hydrogen (secondary N) is 1. The molecule has 1 aromatic rings. The number of alkyl halides is 3. The first-order chi connectivity index (χ1) is 12.7. The first kappa shape index (κ1) is 25.2. The van der Waals surface area contributed by atoms with Gasteiger partial charge in [0.15, 0.2) is 0 Å². The fourth-order valence-corrected chi connectivity index (χ4v) is 1.89. The average molecular weight is 406 g/mol. The predicted molar refractivity (Wildman–Crippen MR) is 91.6 cm³/mol. The normalized spacial score (nSPS) is 12.0. The minimum Gasteiger partial charge on any atom is -0.467 e. The van der Waals surface area contributed by atoms with Crippen LogP contribution in [0, 0.1) is 17.1 Å². The monoisotopic (exact) mass is 406 g/mol. The summed E-state index contributed by atoms with van der Waals surface area (Å²) in [7, 11) is 1.06. The summed E-state index contributed by atoms with van der Waals surface area (Å²) >= 11 is 0. The van der Waals surface area contributed by atoms with E-state index < -0.39 is 47.7 Å². The van der Waals surface area contributed by atoms with Gasteiger partial charge in [0.2, 0.25) is 0 Å².